The van der Waals surface area contributed by atoms with Gasteiger partial charge in [-0.15, -0.1) is 10.2 Å². The molecule has 0 saturated heterocycles. The van der Waals surface area contributed by atoms with Crippen molar-refractivity contribution in [2.75, 3.05) is 11.9 Å². The normalized spacial score (nSPS) is 10.8. The highest BCUT2D eigenvalue weighted by Gasteiger charge is 2.12. The summed E-state index contributed by atoms with van der Waals surface area (Å²) in [7, 11) is 0. The zero-order valence-electron chi connectivity index (χ0n) is 17.8. The maximum atomic E-state index is 12.5. The van der Waals surface area contributed by atoms with E-state index in [0.717, 1.165) is 17.0 Å². The van der Waals surface area contributed by atoms with E-state index in [2.05, 4.69) is 20.5 Å². The minimum absolute atomic E-state index is 0.185. The summed E-state index contributed by atoms with van der Waals surface area (Å²) in [6.45, 7) is 2.51. The number of hydrogen-bond acceptors (Lipinski definition) is 6. The van der Waals surface area contributed by atoms with Crippen LogP contribution in [0.1, 0.15) is 17.3 Å². The van der Waals surface area contributed by atoms with E-state index in [1.165, 1.54) is 0 Å². The Hall–Kier alpha value is -4.59. The molecule has 1 N–H and O–H groups in total. The number of aromatic nitrogens is 5. The van der Waals surface area contributed by atoms with Crippen LogP contribution in [0.25, 0.3) is 28.4 Å². The van der Waals surface area contributed by atoms with Gasteiger partial charge in [-0.3, -0.25) is 9.78 Å². The Morgan fingerprint density at radius 3 is 2.45 bits per heavy atom. The maximum Gasteiger partial charge on any atom is 0.255 e. The van der Waals surface area contributed by atoms with Crippen LogP contribution in [0.4, 0.5) is 5.69 Å². The van der Waals surface area contributed by atoms with Crippen molar-refractivity contribution in [1.82, 2.24) is 24.8 Å². The molecule has 2 aromatic carbocycles. The number of nitrogens with one attached hydrogen (secondary N) is 1. The van der Waals surface area contributed by atoms with Gasteiger partial charge in [0.1, 0.15) is 11.4 Å². The van der Waals surface area contributed by atoms with Crippen LogP contribution in [0.3, 0.4) is 0 Å². The van der Waals surface area contributed by atoms with Crippen LogP contribution < -0.4 is 10.1 Å². The second-order valence-electron chi connectivity index (χ2n) is 7.22. The van der Waals surface area contributed by atoms with E-state index in [-0.39, 0.29) is 5.91 Å². The molecule has 0 unspecified atom stereocenters. The van der Waals surface area contributed by atoms with Gasteiger partial charge in [0.05, 0.1) is 12.3 Å². The summed E-state index contributed by atoms with van der Waals surface area (Å²) >= 11 is 0. The first-order chi connectivity index (χ1) is 16.2. The lowest BCUT2D eigenvalue weighted by Crippen LogP contribution is -2.11. The van der Waals surface area contributed by atoms with E-state index in [1.54, 1.807) is 35.0 Å². The van der Waals surface area contributed by atoms with E-state index in [9.17, 15) is 4.79 Å². The number of pyridine rings is 1. The van der Waals surface area contributed by atoms with Crippen LogP contribution in [0.5, 0.6) is 5.75 Å². The van der Waals surface area contributed by atoms with Gasteiger partial charge in [-0.2, -0.15) is 9.61 Å². The van der Waals surface area contributed by atoms with Gasteiger partial charge < -0.3 is 10.1 Å². The molecule has 162 valence electrons. The molecule has 0 atom stereocenters. The summed E-state index contributed by atoms with van der Waals surface area (Å²) in [6, 6.07) is 23.9. The molecular weight excluding hydrogens is 416 g/mol. The highest BCUT2D eigenvalue weighted by atomic mass is 16.5. The van der Waals surface area contributed by atoms with Gasteiger partial charge >= 0.3 is 0 Å². The van der Waals surface area contributed by atoms with Crippen molar-refractivity contribution in [2.24, 2.45) is 0 Å². The standard InChI is InChI=1S/C25H20N6O2/c1-2-33-20-12-8-18(9-13-20)25(32)27-19-10-6-17(7-11-19)21-14-15-23-28-29-24(31(23)30-21)22-5-3-4-16-26-22/h3-16H,2H2,1H3,(H,27,32). The second-order valence-corrected chi connectivity index (χ2v) is 7.22. The summed E-state index contributed by atoms with van der Waals surface area (Å²) in [6.07, 6.45) is 1.71. The predicted octanol–water partition coefficient (Wildman–Crippen LogP) is 4.50. The number of fused-ring (bicyclic) bond motifs is 1. The van der Waals surface area contributed by atoms with Gasteiger partial charge in [-0.25, -0.2) is 0 Å². The maximum absolute atomic E-state index is 12.5. The van der Waals surface area contributed by atoms with Gasteiger partial charge in [0, 0.05) is 23.0 Å². The third-order valence-electron chi connectivity index (χ3n) is 5.02. The number of rotatable bonds is 6. The van der Waals surface area contributed by atoms with E-state index in [0.29, 0.717) is 35.0 Å². The summed E-state index contributed by atoms with van der Waals surface area (Å²) < 4.78 is 7.10. The van der Waals surface area contributed by atoms with E-state index < -0.39 is 0 Å². The monoisotopic (exact) mass is 436 g/mol. The number of nitrogens with zero attached hydrogens (tertiary/aromatic N) is 5. The van der Waals surface area contributed by atoms with Gasteiger partial charge in [0.2, 0.25) is 5.82 Å². The Balaban J connectivity index is 1.35. The minimum Gasteiger partial charge on any atom is -0.494 e. The lowest BCUT2D eigenvalue weighted by molar-refractivity contribution is 0.102. The molecule has 0 aliphatic heterocycles. The molecule has 1 amide bonds. The predicted molar refractivity (Wildman–Crippen MR) is 125 cm³/mol. The number of carbonyl (C=O) groups is 1. The quantitative estimate of drug-likeness (QED) is 0.421. The zero-order chi connectivity index (χ0) is 22.6. The van der Waals surface area contributed by atoms with Gasteiger partial charge in [-0.05, 0) is 67.6 Å². The molecule has 33 heavy (non-hydrogen) atoms. The van der Waals surface area contributed by atoms with Crippen LogP contribution in [-0.4, -0.2) is 37.3 Å². The highest BCUT2D eigenvalue weighted by Crippen LogP contribution is 2.22. The highest BCUT2D eigenvalue weighted by molar-refractivity contribution is 6.04. The topological polar surface area (TPSA) is 94.3 Å². The Labute approximate surface area is 189 Å². The van der Waals surface area contributed by atoms with Crippen molar-refractivity contribution in [3.63, 3.8) is 0 Å². The first-order valence-electron chi connectivity index (χ1n) is 10.5. The molecule has 0 radical (unpaired) electrons. The first-order valence-corrected chi connectivity index (χ1v) is 10.5. The second kappa shape index (κ2) is 8.88. The Kier molecular flexibility index (Phi) is 5.47. The van der Waals surface area contributed by atoms with Crippen LogP contribution >= 0.6 is 0 Å². The van der Waals surface area contributed by atoms with Crippen molar-refractivity contribution >= 4 is 17.2 Å². The largest absolute Gasteiger partial charge is 0.494 e. The van der Waals surface area contributed by atoms with Gasteiger partial charge in [0.15, 0.2) is 5.65 Å². The molecule has 0 aliphatic rings. The average molecular weight is 436 g/mol. The van der Waals surface area contributed by atoms with Gasteiger partial charge in [0.25, 0.3) is 5.91 Å². The lowest BCUT2D eigenvalue weighted by Gasteiger charge is -2.08. The molecule has 0 aliphatic carbocycles. The third-order valence-corrected chi connectivity index (χ3v) is 5.02. The average Bonchev–Trinajstić information content (AvgIpc) is 3.29. The molecule has 3 heterocycles. The molecule has 0 spiro atoms. The molecule has 0 saturated carbocycles. The Morgan fingerprint density at radius 2 is 1.73 bits per heavy atom. The first kappa shape index (κ1) is 20.3. The molecular formula is C25H20N6O2. The van der Waals surface area contributed by atoms with Crippen LogP contribution in [0, 0.1) is 0 Å². The number of amides is 1. The van der Waals surface area contributed by atoms with Crippen molar-refractivity contribution in [2.45, 2.75) is 6.92 Å². The van der Waals surface area contributed by atoms with Crippen molar-refractivity contribution in [3.05, 3.63) is 90.6 Å². The minimum atomic E-state index is -0.185. The Morgan fingerprint density at radius 1 is 0.909 bits per heavy atom. The van der Waals surface area contributed by atoms with Gasteiger partial charge in [-0.1, -0.05) is 18.2 Å². The molecule has 8 nitrogen and oxygen atoms in total. The summed E-state index contributed by atoms with van der Waals surface area (Å²) in [4.78, 5) is 16.9. The molecule has 0 fully saturated rings. The van der Waals surface area contributed by atoms with E-state index >= 15 is 0 Å². The fourth-order valence-electron chi connectivity index (χ4n) is 3.39. The molecule has 5 rings (SSSR count). The fourth-order valence-corrected chi connectivity index (χ4v) is 3.39. The number of anilines is 1. The van der Waals surface area contributed by atoms with E-state index in [1.807, 2.05) is 61.5 Å². The molecule has 3 aromatic heterocycles. The lowest BCUT2D eigenvalue weighted by atomic mass is 10.1. The van der Waals surface area contributed by atoms with E-state index in [4.69, 9.17) is 9.84 Å². The number of carbonyl (C=O) groups excluding carboxylic acids is 1. The molecule has 8 heteroatoms. The van der Waals surface area contributed by atoms with Crippen LogP contribution in [0.15, 0.2) is 85.1 Å². The summed E-state index contributed by atoms with van der Waals surface area (Å²) in [5, 5.41) is 16.0. The molecule has 0 bridgehead atoms. The Bertz CT molecular complexity index is 1400. The van der Waals surface area contributed by atoms with Crippen LogP contribution in [0.2, 0.25) is 0 Å². The molecule has 5 aromatic rings. The smallest absolute Gasteiger partial charge is 0.255 e. The SMILES string of the molecule is CCOc1ccc(C(=O)Nc2ccc(-c3ccc4nnc(-c5ccccn5)n4n3)cc2)cc1. The zero-order valence-corrected chi connectivity index (χ0v) is 17.8. The summed E-state index contributed by atoms with van der Waals surface area (Å²) in [5.41, 5.74) is 4.24. The van der Waals surface area contributed by atoms with Crippen molar-refractivity contribution in [1.29, 1.82) is 0 Å². The van der Waals surface area contributed by atoms with Crippen LogP contribution in [-0.2, 0) is 0 Å². The fraction of sp³-hybridized carbons (Fsp3) is 0.0800. The van der Waals surface area contributed by atoms with Crippen molar-refractivity contribution < 1.29 is 9.53 Å². The number of hydrogen-bond donors (Lipinski definition) is 1. The third kappa shape index (κ3) is 4.27. The number of ether oxygens (including phenoxy) is 1. The van der Waals surface area contributed by atoms with Crippen molar-refractivity contribution in [3.8, 4) is 28.5 Å². The summed E-state index contributed by atoms with van der Waals surface area (Å²) in [5.74, 6) is 1.13. The number of benzene rings is 2.